The molecule has 3 saturated heterocycles. The van der Waals surface area contributed by atoms with Gasteiger partial charge < -0.3 is 9.47 Å². The molecule has 0 aromatic carbocycles. The molecule has 4 aliphatic rings. The molecule has 4 fully saturated rings. The maximum Gasteiger partial charge on any atom is 0.0872 e. The standard InChI is InChI=1S/C25H43FN2O2/c1-20(2)29-18-24-9-4-7-23(24)27(12-5-10-24)14-8-21(3)30-19-25-11-6-13-28(25)17-22(15-25)16-26/h16,20-21,23H,4-15,17-19H2,1-3H3/b22-16-. The predicted octanol–water partition coefficient (Wildman–Crippen LogP) is 4.93. The van der Waals surface area contributed by atoms with Crippen molar-refractivity contribution < 1.29 is 13.9 Å². The zero-order chi connectivity index (χ0) is 21.2. The molecule has 0 aromatic rings. The van der Waals surface area contributed by atoms with E-state index in [0.29, 0.717) is 17.6 Å². The lowest BCUT2D eigenvalue weighted by atomic mass is 9.75. The van der Waals surface area contributed by atoms with Gasteiger partial charge in [-0.1, -0.05) is 6.42 Å². The van der Waals surface area contributed by atoms with E-state index in [-0.39, 0.29) is 11.6 Å². The van der Waals surface area contributed by atoms with Crippen molar-refractivity contribution in [2.45, 2.75) is 102 Å². The minimum Gasteiger partial charge on any atom is -0.378 e. The first-order chi connectivity index (χ1) is 14.5. The van der Waals surface area contributed by atoms with Gasteiger partial charge in [0, 0.05) is 30.1 Å². The minimum atomic E-state index is 0.0616. The summed E-state index contributed by atoms with van der Waals surface area (Å²) in [6, 6.07) is 0.688. The molecule has 5 heteroatoms. The van der Waals surface area contributed by atoms with Gasteiger partial charge in [-0.25, -0.2) is 4.39 Å². The van der Waals surface area contributed by atoms with Gasteiger partial charge in [0.05, 0.1) is 31.8 Å². The molecular formula is C25H43FN2O2. The molecule has 0 N–H and O–H groups in total. The van der Waals surface area contributed by atoms with Crippen molar-refractivity contribution in [1.82, 2.24) is 9.80 Å². The van der Waals surface area contributed by atoms with Gasteiger partial charge in [-0.05, 0) is 90.8 Å². The van der Waals surface area contributed by atoms with Gasteiger partial charge in [0.2, 0.25) is 0 Å². The van der Waals surface area contributed by atoms with E-state index in [9.17, 15) is 4.39 Å². The van der Waals surface area contributed by atoms with Crippen molar-refractivity contribution in [3.05, 3.63) is 11.9 Å². The minimum absolute atomic E-state index is 0.0616. The maximum atomic E-state index is 13.1. The van der Waals surface area contributed by atoms with Crippen molar-refractivity contribution in [1.29, 1.82) is 0 Å². The van der Waals surface area contributed by atoms with Crippen molar-refractivity contribution in [2.75, 3.05) is 39.4 Å². The number of hydrogen-bond donors (Lipinski definition) is 0. The molecule has 4 unspecified atom stereocenters. The molecule has 0 spiro atoms. The third kappa shape index (κ3) is 4.65. The third-order valence-corrected chi connectivity index (χ3v) is 8.43. The number of rotatable bonds is 9. The number of likely N-dealkylation sites (tertiary alicyclic amines) is 1. The summed E-state index contributed by atoms with van der Waals surface area (Å²) in [5, 5.41) is 0. The summed E-state index contributed by atoms with van der Waals surface area (Å²) in [6.07, 6.45) is 12.3. The second-order valence-corrected chi connectivity index (χ2v) is 10.9. The maximum absolute atomic E-state index is 13.1. The highest BCUT2D eigenvalue weighted by molar-refractivity contribution is 5.19. The Morgan fingerprint density at radius 1 is 1.07 bits per heavy atom. The normalized spacial score (nSPS) is 37.2. The van der Waals surface area contributed by atoms with Gasteiger partial charge >= 0.3 is 0 Å². The van der Waals surface area contributed by atoms with Crippen molar-refractivity contribution in [3.63, 3.8) is 0 Å². The molecule has 0 bridgehead atoms. The summed E-state index contributed by atoms with van der Waals surface area (Å²) >= 11 is 0. The van der Waals surface area contributed by atoms with Gasteiger partial charge in [-0.3, -0.25) is 9.80 Å². The molecule has 4 rings (SSSR count). The summed E-state index contributed by atoms with van der Waals surface area (Å²) in [5.74, 6) is 0. The van der Waals surface area contributed by atoms with Crippen molar-refractivity contribution in [3.8, 4) is 0 Å². The van der Waals surface area contributed by atoms with Gasteiger partial charge in [-0.2, -0.15) is 0 Å². The Bertz CT molecular complexity index is 612. The van der Waals surface area contributed by atoms with Crippen LogP contribution in [0.4, 0.5) is 4.39 Å². The molecule has 3 aliphatic heterocycles. The van der Waals surface area contributed by atoms with E-state index in [0.717, 1.165) is 64.0 Å². The Morgan fingerprint density at radius 3 is 2.67 bits per heavy atom. The lowest BCUT2D eigenvalue weighted by molar-refractivity contribution is -0.0593. The largest absolute Gasteiger partial charge is 0.378 e. The van der Waals surface area contributed by atoms with Crippen LogP contribution in [-0.2, 0) is 9.47 Å². The average molecular weight is 423 g/mol. The van der Waals surface area contributed by atoms with Gasteiger partial charge in [-0.15, -0.1) is 0 Å². The lowest BCUT2D eigenvalue weighted by Crippen LogP contribution is -2.52. The van der Waals surface area contributed by atoms with E-state index in [1.165, 1.54) is 45.1 Å². The molecule has 1 saturated carbocycles. The quantitative estimate of drug-likeness (QED) is 0.526. The van der Waals surface area contributed by atoms with Crippen LogP contribution in [-0.4, -0.2) is 73.0 Å². The second-order valence-electron chi connectivity index (χ2n) is 10.9. The smallest absolute Gasteiger partial charge is 0.0872 e. The fourth-order valence-corrected chi connectivity index (χ4v) is 6.79. The van der Waals surface area contributed by atoms with E-state index in [2.05, 4.69) is 30.6 Å². The van der Waals surface area contributed by atoms with Crippen LogP contribution in [0.5, 0.6) is 0 Å². The number of halogens is 1. The molecule has 4 atom stereocenters. The van der Waals surface area contributed by atoms with Crippen molar-refractivity contribution >= 4 is 0 Å². The van der Waals surface area contributed by atoms with Crippen LogP contribution < -0.4 is 0 Å². The van der Waals surface area contributed by atoms with E-state index in [4.69, 9.17) is 9.47 Å². The summed E-state index contributed by atoms with van der Waals surface area (Å²) in [7, 11) is 0. The Labute approximate surface area is 183 Å². The molecule has 172 valence electrons. The average Bonchev–Trinajstić information content (AvgIpc) is 3.41. The van der Waals surface area contributed by atoms with Gasteiger partial charge in [0.1, 0.15) is 0 Å². The summed E-state index contributed by atoms with van der Waals surface area (Å²) < 4.78 is 25.6. The number of ether oxygens (including phenoxy) is 2. The van der Waals surface area contributed by atoms with E-state index in [1.807, 2.05) is 0 Å². The summed E-state index contributed by atoms with van der Waals surface area (Å²) in [4.78, 5) is 5.21. The van der Waals surface area contributed by atoms with Crippen LogP contribution in [0, 0.1) is 5.41 Å². The number of fused-ring (bicyclic) bond motifs is 2. The molecule has 0 amide bonds. The molecule has 1 aliphatic carbocycles. The zero-order valence-electron chi connectivity index (χ0n) is 19.5. The van der Waals surface area contributed by atoms with Crippen LogP contribution >= 0.6 is 0 Å². The number of hydrogen-bond acceptors (Lipinski definition) is 4. The molecule has 3 heterocycles. The Hall–Kier alpha value is -0.490. The van der Waals surface area contributed by atoms with E-state index in [1.54, 1.807) is 0 Å². The van der Waals surface area contributed by atoms with E-state index < -0.39 is 0 Å². The highest BCUT2D eigenvalue weighted by Gasteiger charge is 2.48. The van der Waals surface area contributed by atoms with E-state index >= 15 is 0 Å². The fourth-order valence-electron chi connectivity index (χ4n) is 6.79. The van der Waals surface area contributed by atoms with Gasteiger partial charge in [0.25, 0.3) is 0 Å². The first kappa shape index (κ1) is 22.7. The van der Waals surface area contributed by atoms with Crippen LogP contribution in [0.1, 0.15) is 78.6 Å². The Balaban J connectivity index is 1.27. The fraction of sp³-hybridized carbons (Fsp3) is 0.920. The predicted molar refractivity (Wildman–Crippen MR) is 119 cm³/mol. The van der Waals surface area contributed by atoms with Crippen LogP contribution in [0.25, 0.3) is 0 Å². The van der Waals surface area contributed by atoms with Crippen LogP contribution in [0.2, 0.25) is 0 Å². The highest BCUT2D eigenvalue weighted by Crippen LogP contribution is 2.48. The molecule has 4 nitrogen and oxygen atoms in total. The first-order valence-electron chi connectivity index (χ1n) is 12.5. The Kier molecular flexibility index (Phi) is 7.23. The highest BCUT2D eigenvalue weighted by atomic mass is 19.1. The molecule has 0 aromatic heterocycles. The molecule has 0 radical (unpaired) electrons. The summed E-state index contributed by atoms with van der Waals surface area (Å²) in [5.41, 5.74) is 1.39. The molecule has 30 heavy (non-hydrogen) atoms. The number of nitrogens with zero attached hydrogens (tertiary/aromatic N) is 2. The summed E-state index contributed by atoms with van der Waals surface area (Å²) in [6.45, 7) is 12.5. The Morgan fingerprint density at radius 2 is 1.87 bits per heavy atom. The monoisotopic (exact) mass is 422 g/mol. The zero-order valence-corrected chi connectivity index (χ0v) is 19.5. The first-order valence-corrected chi connectivity index (χ1v) is 12.5. The topological polar surface area (TPSA) is 24.9 Å². The van der Waals surface area contributed by atoms with Crippen LogP contribution in [0.15, 0.2) is 11.9 Å². The van der Waals surface area contributed by atoms with Crippen molar-refractivity contribution in [2.24, 2.45) is 5.41 Å². The lowest BCUT2D eigenvalue weighted by Gasteiger charge is -2.47. The molecular weight excluding hydrogens is 379 g/mol. The third-order valence-electron chi connectivity index (χ3n) is 8.43. The number of piperidine rings is 1. The van der Waals surface area contributed by atoms with Crippen LogP contribution in [0.3, 0.4) is 0 Å². The SMILES string of the molecule is CC(C)OCC12CCCC1N(CCC(C)OCC13CCCN1C/C(=C\F)C3)CCC2. The second kappa shape index (κ2) is 9.56. The van der Waals surface area contributed by atoms with Gasteiger partial charge in [0.15, 0.2) is 0 Å².